The fourth-order valence-electron chi connectivity index (χ4n) is 1.42. The van der Waals surface area contributed by atoms with Gasteiger partial charge in [-0.3, -0.25) is 0 Å². The van der Waals surface area contributed by atoms with Gasteiger partial charge in [0.2, 0.25) is 20.0 Å². The third kappa shape index (κ3) is 4.02. The molecule has 0 amide bonds. The van der Waals surface area contributed by atoms with Crippen LogP contribution in [-0.2, 0) is 20.0 Å². The summed E-state index contributed by atoms with van der Waals surface area (Å²) in [5, 5.41) is 5.00. The van der Waals surface area contributed by atoms with Crippen LogP contribution in [0.2, 0.25) is 0 Å². The molecule has 0 aliphatic carbocycles. The SMILES string of the molecule is CC(NS(=O)(=O)C(C)(C)C)c1ccc(S(N)(=O)=O)cc1. The average molecular weight is 320 g/mol. The van der Waals surface area contributed by atoms with Crippen LogP contribution in [0.25, 0.3) is 0 Å². The van der Waals surface area contributed by atoms with Crippen LogP contribution in [0.5, 0.6) is 0 Å². The molecule has 1 aromatic carbocycles. The molecule has 1 rings (SSSR count). The van der Waals surface area contributed by atoms with Crippen LogP contribution < -0.4 is 9.86 Å². The summed E-state index contributed by atoms with van der Waals surface area (Å²) in [6, 6.07) is 5.32. The molecule has 1 atom stereocenters. The van der Waals surface area contributed by atoms with Gasteiger partial charge in [0.15, 0.2) is 0 Å². The minimum Gasteiger partial charge on any atom is -0.225 e. The Morgan fingerprint density at radius 2 is 1.50 bits per heavy atom. The maximum absolute atomic E-state index is 12.0. The molecule has 8 heteroatoms. The molecule has 20 heavy (non-hydrogen) atoms. The van der Waals surface area contributed by atoms with Crippen LogP contribution in [0.3, 0.4) is 0 Å². The molecule has 114 valence electrons. The van der Waals surface area contributed by atoms with E-state index in [1.165, 1.54) is 24.3 Å². The lowest BCUT2D eigenvalue weighted by molar-refractivity contribution is 0.532. The van der Waals surface area contributed by atoms with Crippen molar-refractivity contribution in [1.29, 1.82) is 0 Å². The topological polar surface area (TPSA) is 106 Å². The normalized spacial score (nSPS) is 15.1. The highest BCUT2D eigenvalue weighted by atomic mass is 32.2. The van der Waals surface area contributed by atoms with E-state index in [-0.39, 0.29) is 4.90 Å². The van der Waals surface area contributed by atoms with Crippen LogP contribution >= 0.6 is 0 Å². The second kappa shape index (κ2) is 5.44. The van der Waals surface area contributed by atoms with Crippen molar-refractivity contribution in [1.82, 2.24) is 4.72 Å². The van der Waals surface area contributed by atoms with Crippen LogP contribution in [-0.4, -0.2) is 21.6 Å². The van der Waals surface area contributed by atoms with E-state index in [9.17, 15) is 16.8 Å². The molecule has 0 aliphatic rings. The summed E-state index contributed by atoms with van der Waals surface area (Å²) in [5.41, 5.74) is 0.658. The summed E-state index contributed by atoms with van der Waals surface area (Å²) in [6.07, 6.45) is 0. The van der Waals surface area contributed by atoms with Crippen molar-refractivity contribution in [3.05, 3.63) is 29.8 Å². The van der Waals surface area contributed by atoms with E-state index in [1.54, 1.807) is 27.7 Å². The monoisotopic (exact) mass is 320 g/mol. The Morgan fingerprint density at radius 1 is 1.05 bits per heavy atom. The Balaban J connectivity index is 2.98. The summed E-state index contributed by atoms with van der Waals surface area (Å²) in [7, 11) is -7.22. The summed E-state index contributed by atoms with van der Waals surface area (Å²) in [5.74, 6) is 0. The zero-order chi connectivity index (χ0) is 15.8. The molecule has 0 saturated carbocycles. The Labute approximate surface area is 120 Å². The maximum atomic E-state index is 12.0. The van der Waals surface area contributed by atoms with Crippen LogP contribution in [0.15, 0.2) is 29.2 Å². The molecule has 3 N–H and O–H groups in total. The Morgan fingerprint density at radius 3 is 1.85 bits per heavy atom. The van der Waals surface area contributed by atoms with E-state index in [2.05, 4.69) is 4.72 Å². The first-order valence-electron chi connectivity index (χ1n) is 5.99. The van der Waals surface area contributed by atoms with Crippen molar-refractivity contribution in [2.75, 3.05) is 0 Å². The number of nitrogens with one attached hydrogen (secondary N) is 1. The molecule has 0 heterocycles. The van der Waals surface area contributed by atoms with Gasteiger partial charge in [0.1, 0.15) is 0 Å². The summed E-state index contributed by atoms with van der Waals surface area (Å²) in [4.78, 5) is -0.00729. The van der Waals surface area contributed by atoms with Gasteiger partial charge >= 0.3 is 0 Å². The second-order valence-electron chi connectivity index (χ2n) is 5.57. The summed E-state index contributed by atoms with van der Waals surface area (Å²) in [6.45, 7) is 6.50. The molecule has 1 unspecified atom stereocenters. The largest absolute Gasteiger partial charge is 0.238 e. The molecule has 0 aliphatic heterocycles. The van der Waals surface area contributed by atoms with Gasteiger partial charge in [0.25, 0.3) is 0 Å². The fraction of sp³-hybridized carbons (Fsp3) is 0.500. The number of hydrogen-bond donors (Lipinski definition) is 2. The predicted molar refractivity (Wildman–Crippen MR) is 78.0 cm³/mol. The van der Waals surface area contributed by atoms with Gasteiger partial charge in [-0.15, -0.1) is 0 Å². The van der Waals surface area contributed by atoms with Crippen molar-refractivity contribution in [3.63, 3.8) is 0 Å². The number of benzene rings is 1. The first-order valence-corrected chi connectivity index (χ1v) is 9.02. The molecule has 0 spiro atoms. The highest BCUT2D eigenvalue weighted by molar-refractivity contribution is 7.90. The van der Waals surface area contributed by atoms with Crippen LogP contribution in [0.4, 0.5) is 0 Å². The van der Waals surface area contributed by atoms with Crippen molar-refractivity contribution >= 4 is 20.0 Å². The lowest BCUT2D eigenvalue weighted by atomic mass is 10.1. The smallest absolute Gasteiger partial charge is 0.225 e. The molecule has 0 aromatic heterocycles. The van der Waals surface area contributed by atoms with Gasteiger partial charge in [-0.25, -0.2) is 26.7 Å². The number of primary sulfonamides is 1. The zero-order valence-corrected chi connectivity index (χ0v) is 13.5. The fourth-order valence-corrected chi connectivity index (χ4v) is 2.89. The Kier molecular flexibility index (Phi) is 4.65. The van der Waals surface area contributed by atoms with Gasteiger partial charge in [0.05, 0.1) is 9.64 Å². The summed E-state index contributed by atoms with van der Waals surface area (Å²) >= 11 is 0. The number of nitrogens with two attached hydrogens (primary N) is 1. The zero-order valence-electron chi connectivity index (χ0n) is 11.9. The highest BCUT2D eigenvalue weighted by Gasteiger charge is 2.30. The molecular formula is C12H20N2O4S2. The van der Waals surface area contributed by atoms with Crippen LogP contribution in [0, 0.1) is 0 Å². The number of sulfonamides is 2. The quantitative estimate of drug-likeness (QED) is 0.866. The minimum atomic E-state index is -3.74. The molecule has 1 aromatic rings. The third-order valence-electron chi connectivity index (χ3n) is 2.85. The van der Waals surface area contributed by atoms with Gasteiger partial charge in [-0.2, -0.15) is 0 Å². The first-order chi connectivity index (χ1) is 8.84. The molecule has 6 nitrogen and oxygen atoms in total. The number of rotatable bonds is 4. The van der Waals surface area contributed by atoms with E-state index in [0.717, 1.165) is 0 Å². The third-order valence-corrected chi connectivity index (χ3v) is 6.05. The van der Waals surface area contributed by atoms with E-state index in [4.69, 9.17) is 5.14 Å². The Hall–Kier alpha value is -0.960. The molecule has 0 saturated heterocycles. The van der Waals surface area contributed by atoms with Crippen molar-refractivity contribution in [3.8, 4) is 0 Å². The predicted octanol–water partition coefficient (Wildman–Crippen LogP) is 1.11. The molecule has 0 fully saturated rings. The van der Waals surface area contributed by atoms with Crippen molar-refractivity contribution in [2.45, 2.75) is 43.4 Å². The van der Waals surface area contributed by atoms with E-state index in [0.29, 0.717) is 5.56 Å². The first kappa shape index (κ1) is 17.1. The number of hydrogen-bond acceptors (Lipinski definition) is 4. The lowest BCUT2D eigenvalue weighted by Gasteiger charge is -2.23. The maximum Gasteiger partial charge on any atom is 0.238 e. The van der Waals surface area contributed by atoms with Crippen molar-refractivity contribution < 1.29 is 16.8 Å². The lowest BCUT2D eigenvalue weighted by Crippen LogP contribution is -2.40. The highest BCUT2D eigenvalue weighted by Crippen LogP contribution is 2.20. The minimum absolute atomic E-state index is 0.00729. The van der Waals surface area contributed by atoms with E-state index < -0.39 is 30.8 Å². The van der Waals surface area contributed by atoms with E-state index in [1.807, 2.05) is 0 Å². The van der Waals surface area contributed by atoms with Crippen LogP contribution in [0.1, 0.15) is 39.3 Å². The van der Waals surface area contributed by atoms with Gasteiger partial charge < -0.3 is 0 Å². The standard InChI is InChI=1S/C12H20N2O4S2/c1-9(14-20(17,18)12(2,3)4)10-5-7-11(8-6-10)19(13,15)16/h5-9,14H,1-4H3,(H2,13,15,16). The summed E-state index contributed by atoms with van der Waals surface area (Å²) < 4.78 is 48.0. The molecule has 0 radical (unpaired) electrons. The van der Waals surface area contributed by atoms with Gasteiger partial charge in [0, 0.05) is 6.04 Å². The molecule has 0 bridgehead atoms. The van der Waals surface area contributed by atoms with E-state index >= 15 is 0 Å². The second-order valence-corrected chi connectivity index (χ2v) is 9.60. The Bertz CT molecular complexity index is 671. The molecular weight excluding hydrogens is 300 g/mol. The van der Waals surface area contributed by atoms with Gasteiger partial charge in [-0.1, -0.05) is 12.1 Å². The van der Waals surface area contributed by atoms with Crippen molar-refractivity contribution in [2.24, 2.45) is 5.14 Å². The van der Waals surface area contributed by atoms with Gasteiger partial charge in [-0.05, 0) is 45.4 Å². The average Bonchev–Trinajstić information content (AvgIpc) is 2.26.